The fraction of sp³-hybridized carbons (Fsp3) is 0.357. The largest absolute Gasteiger partial charge is 0.493 e. The molecule has 0 spiro atoms. The maximum atomic E-state index is 5.48. The van der Waals surface area contributed by atoms with Crippen molar-refractivity contribution in [1.29, 1.82) is 0 Å². The Bertz CT molecular complexity index is 1040. The molecule has 0 saturated heterocycles. The number of nitrogens with zero attached hydrogens (tertiary/aromatic N) is 1. The number of likely N-dealkylation sites (N-methyl/N-ethyl adjacent to an activating group) is 1. The Hall–Kier alpha value is -2.98. The second kappa shape index (κ2) is 10.1. The van der Waals surface area contributed by atoms with Crippen LogP contribution >= 0.6 is 0 Å². The zero-order valence-electron chi connectivity index (χ0n) is 19.6. The molecule has 2 aliphatic rings. The molecule has 0 aromatic heterocycles. The summed E-state index contributed by atoms with van der Waals surface area (Å²) in [7, 11) is 5.60. The highest BCUT2D eigenvalue weighted by atomic mass is 16.5. The maximum absolute atomic E-state index is 5.48. The Morgan fingerprint density at radius 1 is 1.09 bits per heavy atom. The Balaban J connectivity index is 1.58. The van der Waals surface area contributed by atoms with E-state index in [2.05, 4.69) is 84.9 Å². The van der Waals surface area contributed by atoms with Gasteiger partial charge in [-0.05, 0) is 61.2 Å². The smallest absolute Gasteiger partial charge is 0.160 e. The van der Waals surface area contributed by atoms with E-state index in [-0.39, 0.29) is 0 Å². The molecule has 2 atom stereocenters. The van der Waals surface area contributed by atoms with Crippen molar-refractivity contribution in [2.75, 3.05) is 33.1 Å². The van der Waals surface area contributed by atoms with Gasteiger partial charge >= 0.3 is 0 Å². The van der Waals surface area contributed by atoms with Crippen LogP contribution in [0.1, 0.15) is 30.9 Å². The topological polar surface area (TPSA) is 33.7 Å². The lowest BCUT2D eigenvalue weighted by Gasteiger charge is -2.30. The summed E-state index contributed by atoms with van der Waals surface area (Å²) in [5, 5.41) is 3.77. The van der Waals surface area contributed by atoms with Crippen molar-refractivity contribution in [3.8, 4) is 11.5 Å². The molecule has 1 aliphatic heterocycles. The number of allylic oxidation sites excluding steroid dienone is 2. The van der Waals surface area contributed by atoms with Crippen LogP contribution in [0.25, 0.3) is 5.57 Å². The molecule has 32 heavy (non-hydrogen) atoms. The first kappa shape index (κ1) is 22.2. The summed E-state index contributed by atoms with van der Waals surface area (Å²) in [5.74, 6) is 1.56. The summed E-state index contributed by atoms with van der Waals surface area (Å²) in [6.07, 6.45) is 12.1. The van der Waals surface area contributed by atoms with E-state index in [4.69, 9.17) is 9.47 Å². The summed E-state index contributed by atoms with van der Waals surface area (Å²) < 4.78 is 10.9. The number of para-hydroxylation sites is 1. The third-order valence-electron chi connectivity index (χ3n) is 6.57. The van der Waals surface area contributed by atoms with Gasteiger partial charge in [-0.15, -0.1) is 0 Å². The van der Waals surface area contributed by atoms with Gasteiger partial charge < -0.3 is 14.8 Å². The molecule has 4 nitrogen and oxygen atoms in total. The van der Waals surface area contributed by atoms with Crippen LogP contribution in [0.3, 0.4) is 0 Å². The van der Waals surface area contributed by atoms with Crippen molar-refractivity contribution in [3.63, 3.8) is 0 Å². The summed E-state index contributed by atoms with van der Waals surface area (Å²) >= 11 is 0. The molecule has 168 valence electrons. The molecule has 1 aliphatic carbocycles. The van der Waals surface area contributed by atoms with Gasteiger partial charge in [0.05, 0.1) is 20.3 Å². The van der Waals surface area contributed by atoms with Crippen molar-refractivity contribution < 1.29 is 9.47 Å². The van der Waals surface area contributed by atoms with Crippen LogP contribution < -0.4 is 14.8 Å². The third kappa shape index (κ3) is 4.61. The average Bonchev–Trinajstić information content (AvgIpc) is 3.00. The van der Waals surface area contributed by atoms with Crippen LogP contribution in [0.15, 0.2) is 72.3 Å². The summed E-state index contributed by atoms with van der Waals surface area (Å²) in [5.41, 5.74) is 6.56. The first-order valence-electron chi connectivity index (χ1n) is 11.5. The lowest BCUT2D eigenvalue weighted by Crippen LogP contribution is -2.34. The minimum atomic E-state index is 0.337. The number of nitrogens with one attached hydrogen (secondary N) is 1. The van der Waals surface area contributed by atoms with Gasteiger partial charge in [-0.3, -0.25) is 4.90 Å². The van der Waals surface area contributed by atoms with Gasteiger partial charge in [0.15, 0.2) is 11.5 Å². The third-order valence-corrected chi connectivity index (χ3v) is 6.57. The molecular weight excluding hydrogens is 396 g/mol. The van der Waals surface area contributed by atoms with E-state index in [0.29, 0.717) is 12.1 Å². The molecule has 0 saturated carbocycles. The summed E-state index contributed by atoms with van der Waals surface area (Å²) in [6, 6.07) is 15.6. The minimum absolute atomic E-state index is 0.337. The number of hydrogen-bond acceptors (Lipinski definition) is 4. The van der Waals surface area contributed by atoms with E-state index in [0.717, 1.165) is 37.3 Å². The molecule has 0 fully saturated rings. The van der Waals surface area contributed by atoms with Gasteiger partial charge in [-0.25, -0.2) is 0 Å². The maximum Gasteiger partial charge on any atom is 0.160 e. The quantitative estimate of drug-likeness (QED) is 0.581. The Morgan fingerprint density at radius 3 is 2.69 bits per heavy atom. The van der Waals surface area contributed by atoms with Crippen molar-refractivity contribution >= 4 is 11.3 Å². The van der Waals surface area contributed by atoms with Gasteiger partial charge in [0.2, 0.25) is 0 Å². The van der Waals surface area contributed by atoms with Gasteiger partial charge in [0.25, 0.3) is 0 Å². The van der Waals surface area contributed by atoms with Gasteiger partial charge in [0.1, 0.15) is 0 Å². The van der Waals surface area contributed by atoms with Crippen molar-refractivity contribution in [2.24, 2.45) is 0 Å². The number of fused-ring (bicyclic) bond motifs is 2. The van der Waals surface area contributed by atoms with Crippen molar-refractivity contribution in [2.45, 2.75) is 38.3 Å². The molecule has 1 heterocycles. The number of hydrogen-bond donors (Lipinski definition) is 1. The van der Waals surface area contributed by atoms with Gasteiger partial charge in [-0.2, -0.15) is 0 Å². The zero-order valence-corrected chi connectivity index (χ0v) is 19.6. The van der Waals surface area contributed by atoms with E-state index in [1.54, 1.807) is 14.2 Å². The molecule has 2 aromatic carbocycles. The van der Waals surface area contributed by atoms with Crippen molar-refractivity contribution in [3.05, 3.63) is 83.5 Å². The van der Waals surface area contributed by atoms with Crippen LogP contribution in [0.5, 0.6) is 11.5 Å². The normalized spacial score (nSPS) is 18.0. The van der Waals surface area contributed by atoms with E-state index in [1.165, 1.54) is 28.0 Å². The second-order valence-electron chi connectivity index (χ2n) is 8.52. The molecule has 1 N–H and O–H groups in total. The Morgan fingerprint density at radius 2 is 1.91 bits per heavy atom. The summed E-state index contributed by atoms with van der Waals surface area (Å²) in [6.45, 7) is 3.25. The number of ether oxygens (including phenoxy) is 2. The highest BCUT2D eigenvalue weighted by Gasteiger charge is 2.26. The lowest BCUT2D eigenvalue weighted by atomic mass is 9.91. The fourth-order valence-corrected chi connectivity index (χ4v) is 4.78. The van der Waals surface area contributed by atoms with Crippen LogP contribution in [0.2, 0.25) is 0 Å². The molecule has 2 unspecified atom stereocenters. The molecule has 2 aromatic rings. The fourth-order valence-electron chi connectivity index (χ4n) is 4.78. The zero-order chi connectivity index (χ0) is 22.5. The predicted molar refractivity (Wildman–Crippen MR) is 134 cm³/mol. The van der Waals surface area contributed by atoms with Gasteiger partial charge in [-0.1, -0.05) is 55.5 Å². The minimum Gasteiger partial charge on any atom is -0.493 e. The number of methoxy groups -OCH3 is 2. The highest BCUT2D eigenvalue weighted by Crippen LogP contribution is 2.37. The highest BCUT2D eigenvalue weighted by molar-refractivity contribution is 5.83. The Kier molecular flexibility index (Phi) is 7.01. The predicted octanol–water partition coefficient (Wildman–Crippen LogP) is 5.72. The first-order chi connectivity index (χ1) is 15.6. The van der Waals surface area contributed by atoms with E-state index in [9.17, 15) is 0 Å². The van der Waals surface area contributed by atoms with Crippen LogP contribution in [0.4, 0.5) is 5.69 Å². The molecule has 4 heteroatoms. The van der Waals surface area contributed by atoms with E-state index < -0.39 is 0 Å². The average molecular weight is 431 g/mol. The van der Waals surface area contributed by atoms with Crippen LogP contribution in [0, 0.1) is 0 Å². The molecule has 0 radical (unpaired) electrons. The lowest BCUT2D eigenvalue weighted by molar-refractivity contribution is 0.286. The van der Waals surface area contributed by atoms with E-state index in [1.807, 2.05) is 6.07 Å². The van der Waals surface area contributed by atoms with Crippen molar-refractivity contribution in [1.82, 2.24) is 4.90 Å². The number of rotatable bonds is 8. The number of benzene rings is 2. The number of anilines is 1. The standard InChI is InChI=1S/C28H34N2O2/c1-5-26(30(2)17-16-20-14-15-27(31-3)28(18-20)32-4)23-19-21-10-6-8-12-24(21)29-25-13-9-7-11-22(23)25/h6-11,13-15,18-19,24,26,29H,5,12,16-17H2,1-4H3. The second-order valence-corrected chi connectivity index (χ2v) is 8.52. The van der Waals surface area contributed by atoms with Crippen LogP contribution in [-0.4, -0.2) is 44.8 Å². The molecule has 4 rings (SSSR count). The summed E-state index contributed by atoms with van der Waals surface area (Å²) in [4.78, 5) is 2.48. The monoisotopic (exact) mass is 430 g/mol. The molecule has 0 bridgehead atoms. The van der Waals surface area contributed by atoms with E-state index >= 15 is 0 Å². The Labute approximate surface area is 192 Å². The first-order valence-corrected chi connectivity index (χ1v) is 11.5. The van der Waals surface area contributed by atoms with Gasteiger partial charge in [0, 0.05) is 23.8 Å². The SMILES string of the molecule is CCC(C1=CC2=CC=CCC2Nc2ccccc21)N(C)CCc1ccc(OC)c(OC)c1. The van der Waals surface area contributed by atoms with Crippen LogP contribution in [-0.2, 0) is 6.42 Å². The molecule has 0 amide bonds. The molecular formula is C28H34N2O2.